The van der Waals surface area contributed by atoms with Crippen LogP contribution in [0, 0.1) is 6.92 Å². The van der Waals surface area contributed by atoms with Crippen LogP contribution in [0.2, 0.25) is 0 Å². The van der Waals surface area contributed by atoms with E-state index in [1.165, 1.54) is 0 Å². The Bertz CT molecular complexity index is 650. The number of hydrogen-bond acceptors (Lipinski definition) is 4. The Kier molecular flexibility index (Phi) is 6.49. The van der Waals surface area contributed by atoms with Crippen molar-refractivity contribution in [3.63, 3.8) is 0 Å². The van der Waals surface area contributed by atoms with Gasteiger partial charge in [0.05, 0.1) is 36.1 Å². The van der Waals surface area contributed by atoms with Crippen molar-refractivity contribution in [2.45, 2.75) is 52.7 Å². The molecule has 2 aromatic rings. The Balaban J connectivity index is 2.30. The van der Waals surface area contributed by atoms with Gasteiger partial charge in [0, 0.05) is 18.9 Å². The molecule has 0 saturated carbocycles. The summed E-state index contributed by atoms with van der Waals surface area (Å²) >= 11 is 0. The maximum atomic E-state index is 13.1. The summed E-state index contributed by atoms with van der Waals surface area (Å²) in [6.07, 6.45) is 5.15. The van der Waals surface area contributed by atoms with Crippen LogP contribution in [-0.2, 0) is 13.1 Å². The number of carbonyl (C=O) groups is 1. The molecule has 0 aliphatic rings. The molecule has 1 amide bonds. The maximum absolute atomic E-state index is 13.1. The van der Waals surface area contributed by atoms with Crippen molar-refractivity contribution >= 4 is 5.91 Å². The molecule has 0 spiro atoms. The van der Waals surface area contributed by atoms with Crippen molar-refractivity contribution in [3.05, 3.63) is 47.5 Å². The number of rotatable bonds is 8. The fourth-order valence-corrected chi connectivity index (χ4v) is 2.71. The Morgan fingerprint density at radius 3 is 2.75 bits per heavy atom. The average Bonchev–Trinajstić information content (AvgIpc) is 2.96. The first kappa shape index (κ1) is 18.1. The van der Waals surface area contributed by atoms with E-state index < -0.39 is 0 Å². The van der Waals surface area contributed by atoms with Gasteiger partial charge in [-0.05, 0) is 31.9 Å². The van der Waals surface area contributed by atoms with Gasteiger partial charge in [-0.3, -0.25) is 14.5 Å². The average molecular weight is 330 g/mol. The van der Waals surface area contributed by atoms with Crippen molar-refractivity contribution < 1.29 is 9.90 Å². The van der Waals surface area contributed by atoms with Gasteiger partial charge in [0.1, 0.15) is 0 Å². The highest BCUT2D eigenvalue weighted by molar-refractivity contribution is 5.95. The van der Waals surface area contributed by atoms with Gasteiger partial charge in [0.25, 0.3) is 5.91 Å². The van der Waals surface area contributed by atoms with Crippen LogP contribution < -0.4 is 0 Å². The molecular formula is C18H26N4O2. The van der Waals surface area contributed by atoms with E-state index in [2.05, 4.69) is 17.0 Å². The van der Waals surface area contributed by atoms with Crippen molar-refractivity contribution in [1.82, 2.24) is 19.7 Å². The molecule has 2 heterocycles. The van der Waals surface area contributed by atoms with Crippen molar-refractivity contribution in [2.75, 3.05) is 6.61 Å². The Morgan fingerprint density at radius 1 is 1.38 bits per heavy atom. The largest absolute Gasteiger partial charge is 0.394 e. The minimum Gasteiger partial charge on any atom is -0.394 e. The number of aromatic nitrogens is 3. The number of hydrogen-bond donors (Lipinski definition) is 1. The Labute approximate surface area is 143 Å². The number of pyridine rings is 1. The fourth-order valence-electron chi connectivity index (χ4n) is 2.71. The molecule has 0 unspecified atom stereocenters. The summed E-state index contributed by atoms with van der Waals surface area (Å²) in [7, 11) is 0. The topological polar surface area (TPSA) is 71.2 Å². The number of amides is 1. The minimum absolute atomic E-state index is 0.0722. The highest BCUT2D eigenvalue weighted by atomic mass is 16.3. The van der Waals surface area contributed by atoms with E-state index in [0.717, 1.165) is 18.7 Å². The van der Waals surface area contributed by atoms with Gasteiger partial charge in [-0.25, -0.2) is 0 Å². The van der Waals surface area contributed by atoms with Crippen molar-refractivity contribution in [2.24, 2.45) is 0 Å². The summed E-state index contributed by atoms with van der Waals surface area (Å²) < 4.78 is 1.81. The van der Waals surface area contributed by atoms with Gasteiger partial charge in [0.15, 0.2) is 0 Å². The molecule has 6 heteroatoms. The van der Waals surface area contributed by atoms with E-state index in [0.29, 0.717) is 24.2 Å². The molecule has 24 heavy (non-hydrogen) atoms. The smallest absolute Gasteiger partial charge is 0.258 e. The molecule has 130 valence electrons. The third kappa shape index (κ3) is 4.20. The second-order valence-electron chi connectivity index (χ2n) is 5.89. The van der Waals surface area contributed by atoms with Crippen LogP contribution in [0.4, 0.5) is 0 Å². The predicted molar refractivity (Wildman–Crippen MR) is 92.5 cm³/mol. The highest BCUT2D eigenvalue weighted by Crippen LogP contribution is 2.17. The summed E-state index contributed by atoms with van der Waals surface area (Å²) in [5.74, 6) is -0.110. The molecule has 6 nitrogen and oxygen atoms in total. The SMILES string of the molecule is CCCn1cc(C(=O)N(Cc2ccccn2)[C@H](CC)CO)c(C)n1. The van der Waals surface area contributed by atoms with E-state index in [1.807, 2.05) is 32.0 Å². The van der Waals surface area contributed by atoms with Gasteiger partial charge in [-0.1, -0.05) is 19.9 Å². The van der Waals surface area contributed by atoms with Crippen molar-refractivity contribution in [3.8, 4) is 0 Å². The monoisotopic (exact) mass is 330 g/mol. The number of carbonyl (C=O) groups excluding carboxylic acids is 1. The summed E-state index contributed by atoms with van der Waals surface area (Å²) in [5, 5.41) is 14.1. The van der Waals surface area contributed by atoms with E-state index >= 15 is 0 Å². The number of aliphatic hydroxyl groups is 1. The summed E-state index contributed by atoms with van der Waals surface area (Å²) in [5.41, 5.74) is 2.11. The molecule has 0 fully saturated rings. The van der Waals surface area contributed by atoms with Crippen LogP contribution in [0.1, 0.15) is 48.4 Å². The molecule has 0 radical (unpaired) electrons. The van der Waals surface area contributed by atoms with E-state index in [1.54, 1.807) is 22.0 Å². The lowest BCUT2D eigenvalue weighted by molar-refractivity contribution is 0.0559. The molecule has 1 N–H and O–H groups in total. The number of aryl methyl sites for hydroxylation is 2. The minimum atomic E-state index is -0.242. The quantitative estimate of drug-likeness (QED) is 0.807. The Morgan fingerprint density at radius 2 is 2.17 bits per heavy atom. The first-order valence-electron chi connectivity index (χ1n) is 8.46. The zero-order valence-electron chi connectivity index (χ0n) is 14.6. The molecular weight excluding hydrogens is 304 g/mol. The first-order valence-corrected chi connectivity index (χ1v) is 8.46. The number of nitrogens with zero attached hydrogens (tertiary/aromatic N) is 4. The van der Waals surface area contributed by atoms with Crippen molar-refractivity contribution in [1.29, 1.82) is 0 Å². The second kappa shape index (κ2) is 8.59. The van der Waals surface area contributed by atoms with Gasteiger partial charge in [0.2, 0.25) is 0 Å². The molecule has 0 aromatic carbocycles. The zero-order chi connectivity index (χ0) is 17.5. The summed E-state index contributed by atoms with van der Waals surface area (Å²) in [6.45, 7) is 6.97. The number of aliphatic hydroxyl groups excluding tert-OH is 1. The molecule has 2 rings (SSSR count). The Hall–Kier alpha value is -2.21. The third-order valence-electron chi connectivity index (χ3n) is 4.07. The second-order valence-corrected chi connectivity index (χ2v) is 5.89. The van der Waals surface area contributed by atoms with E-state index in [4.69, 9.17) is 0 Å². The van der Waals surface area contributed by atoms with Crippen LogP contribution in [0.5, 0.6) is 0 Å². The van der Waals surface area contributed by atoms with Gasteiger partial charge >= 0.3 is 0 Å². The lowest BCUT2D eigenvalue weighted by Crippen LogP contribution is -2.42. The molecule has 0 aliphatic heterocycles. The van der Waals surface area contributed by atoms with Gasteiger partial charge in [-0.15, -0.1) is 0 Å². The van der Waals surface area contributed by atoms with Crippen LogP contribution in [0.15, 0.2) is 30.6 Å². The van der Waals surface area contributed by atoms with Crippen LogP contribution >= 0.6 is 0 Å². The highest BCUT2D eigenvalue weighted by Gasteiger charge is 2.26. The summed E-state index contributed by atoms with van der Waals surface area (Å²) in [6, 6.07) is 5.39. The molecule has 1 atom stereocenters. The van der Waals surface area contributed by atoms with Gasteiger partial charge < -0.3 is 10.0 Å². The normalized spacial score (nSPS) is 12.2. The predicted octanol–water partition coefficient (Wildman–Crippen LogP) is 2.41. The first-order chi connectivity index (χ1) is 11.6. The van der Waals surface area contributed by atoms with Crippen LogP contribution in [0.3, 0.4) is 0 Å². The van der Waals surface area contributed by atoms with E-state index in [9.17, 15) is 9.90 Å². The summed E-state index contributed by atoms with van der Waals surface area (Å²) in [4.78, 5) is 19.1. The lowest BCUT2D eigenvalue weighted by Gasteiger charge is -2.29. The van der Waals surface area contributed by atoms with E-state index in [-0.39, 0.29) is 18.6 Å². The maximum Gasteiger partial charge on any atom is 0.258 e. The molecule has 0 saturated heterocycles. The third-order valence-corrected chi connectivity index (χ3v) is 4.07. The van der Waals surface area contributed by atoms with Crippen LogP contribution in [0.25, 0.3) is 0 Å². The molecule has 2 aromatic heterocycles. The lowest BCUT2D eigenvalue weighted by atomic mass is 10.1. The van der Waals surface area contributed by atoms with Gasteiger partial charge in [-0.2, -0.15) is 5.10 Å². The zero-order valence-corrected chi connectivity index (χ0v) is 14.6. The standard InChI is InChI=1S/C18H26N4O2/c1-4-10-21-12-17(14(3)20-21)18(24)22(16(5-2)13-23)11-15-8-6-7-9-19-15/h6-9,12,16,23H,4-5,10-11,13H2,1-3H3/t16-/m1/s1. The van der Waals surface area contributed by atoms with Crippen LogP contribution in [-0.4, -0.2) is 43.3 Å². The fraction of sp³-hybridized carbons (Fsp3) is 0.500. The molecule has 0 aliphatic carbocycles. The molecule has 0 bridgehead atoms.